The summed E-state index contributed by atoms with van der Waals surface area (Å²) >= 11 is 5.52. The lowest BCUT2D eigenvalue weighted by Gasteiger charge is -2.06. The van der Waals surface area contributed by atoms with Gasteiger partial charge < -0.3 is 15.8 Å². The number of amides is 2. The molecule has 0 radical (unpaired) electrons. The fourth-order valence-corrected chi connectivity index (χ4v) is 0.738. The second kappa shape index (κ2) is 7.20. The Bertz CT molecular complexity index is 221. The summed E-state index contributed by atoms with van der Waals surface area (Å²) in [6, 6.07) is 0. The van der Waals surface area contributed by atoms with Crippen molar-refractivity contribution in [3.05, 3.63) is 12.7 Å². The molecule has 0 aromatic rings. The van der Waals surface area contributed by atoms with Crippen LogP contribution in [0.2, 0.25) is 0 Å². The first-order valence-electron chi connectivity index (χ1n) is 4.02. The van der Waals surface area contributed by atoms with Crippen molar-refractivity contribution in [3.63, 3.8) is 0 Å². The molecule has 5 nitrogen and oxygen atoms in total. The minimum atomic E-state index is -0.769. The molecule has 0 aromatic carbocycles. The first kappa shape index (κ1) is 12.8. The molecule has 0 aliphatic carbocycles. The summed E-state index contributed by atoms with van der Waals surface area (Å²) in [5, 5.41) is 1.63. The molecule has 0 aliphatic heterocycles. The predicted molar refractivity (Wildman–Crippen MR) is 53.0 cm³/mol. The van der Waals surface area contributed by atoms with Gasteiger partial charge in [0.2, 0.25) is 5.91 Å². The van der Waals surface area contributed by atoms with Gasteiger partial charge in [-0.1, -0.05) is 12.7 Å². The number of primary amides is 1. The van der Waals surface area contributed by atoms with Crippen molar-refractivity contribution in [3.8, 4) is 0 Å². The number of nitrogens with two attached hydrogens (primary N) is 1. The van der Waals surface area contributed by atoms with Crippen LogP contribution in [0.5, 0.6) is 0 Å². The summed E-state index contributed by atoms with van der Waals surface area (Å²) in [5.74, 6) is -0.604. The van der Waals surface area contributed by atoms with Crippen molar-refractivity contribution in [2.45, 2.75) is 11.8 Å². The molecule has 0 saturated carbocycles. The molecule has 0 spiro atoms. The molecule has 0 aromatic heterocycles. The van der Waals surface area contributed by atoms with E-state index in [2.05, 4.69) is 16.6 Å². The number of carbonyl (C=O) groups excluding carboxylic acids is 2. The molecule has 0 saturated heterocycles. The number of carbonyl (C=O) groups is 2. The molecule has 1 atom stereocenters. The molecule has 0 bridgehead atoms. The Balaban J connectivity index is 3.48. The number of ether oxygens (including phenoxy) is 1. The molecule has 6 heteroatoms. The minimum absolute atomic E-state index is 0.145. The van der Waals surface area contributed by atoms with E-state index in [-0.39, 0.29) is 19.6 Å². The van der Waals surface area contributed by atoms with Gasteiger partial charge in [0, 0.05) is 6.54 Å². The molecule has 0 fully saturated rings. The van der Waals surface area contributed by atoms with Gasteiger partial charge in [0.15, 0.2) is 0 Å². The van der Waals surface area contributed by atoms with Crippen LogP contribution in [0.3, 0.4) is 0 Å². The fraction of sp³-hybridized carbons (Fsp3) is 0.500. The van der Waals surface area contributed by atoms with Crippen molar-refractivity contribution in [2.75, 3.05) is 13.2 Å². The number of rotatable bonds is 6. The van der Waals surface area contributed by atoms with Gasteiger partial charge in [-0.2, -0.15) is 0 Å². The summed E-state index contributed by atoms with van der Waals surface area (Å²) in [5.41, 5.74) is 4.90. The fourth-order valence-electron chi connectivity index (χ4n) is 0.629. The van der Waals surface area contributed by atoms with Gasteiger partial charge in [0.25, 0.3) is 0 Å². The van der Waals surface area contributed by atoms with Crippen molar-refractivity contribution in [1.29, 1.82) is 0 Å². The number of halogens is 1. The van der Waals surface area contributed by atoms with Gasteiger partial charge in [0.1, 0.15) is 12.0 Å². The van der Waals surface area contributed by atoms with E-state index in [0.717, 1.165) is 0 Å². The van der Waals surface area contributed by atoms with Crippen LogP contribution in [0.25, 0.3) is 0 Å². The summed E-state index contributed by atoms with van der Waals surface area (Å²) in [6.45, 7) is 3.76. The van der Waals surface area contributed by atoms with Gasteiger partial charge in [-0.25, -0.2) is 4.79 Å². The summed E-state index contributed by atoms with van der Waals surface area (Å²) in [4.78, 5) is 21.3. The standard InChI is InChI=1S/C8H13ClN2O3/c1-2-5-14-8(13)11-4-3-6(9)7(10)12/h2,6H,1,3-5H2,(H2,10,12)(H,11,13). The first-order chi connectivity index (χ1) is 6.57. The van der Waals surface area contributed by atoms with Crippen LogP contribution in [0.4, 0.5) is 4.79 Å². The second-order valence-corrected chi connectivity index (χ2v) is 3.00. The highest BCUT2D eigenvalue weighted by Gasteiger charge is 2.11. The van der Waals surface area contributed by atoms with Crippen molar-refractivity contribution < 1.29 is 14.3 Å². The number of nitrogens with one attached hydrogen (secondary N) is 1. The monoisotopic (exact) mass is 220 g/mol. The largest absolute Gasteiger partial charge is 0.445 e. The maximum absolute atomic E-state index is 10.8. The third-order valence-corrected chi connectivity index (χ3v) is 1.74. The van der Waals surface area contributed by atoms with Gasteiger partial charge >= 0.3 is 6.09 Å². The topological polar surface area (TPSA) is 81.4 Å². The third-order valence-electron chi connectivity index (χ3n) is 1.31. The normalized spacial score (nSPS) is 11.5. The summed E-state index contributed by atoms with van der Waals surface area (Å²) < 4.78 is 4.61. The number of hydrogen-bond acceptors (Lipinski definition) is 3. The van der Waals surface area contributed by atoms with E-state index in [1.54, 1.807) is 0 Å². The zero-order valence-corrected chi connectivity index (χ0v) is 8.42. The van der Waals surface area contributed by atoms with E-state index in [4.69, 9.17) is 17.3 Å². The van der Waals surface area contributed by atoms with Gasteiger partial charge in [-0.15, -0.1) is 11.6 Å². The molecule has 80 valence electrons. The van der Waals surface area contributed by atoms with Gasteiger partial charge in [-0.3, -0.25) is 4.79 Å². The highest BCUT2D eigenvalue weighted by molar-refractivity contribution is 6.30. The molecular weight excluding hydrogens is 208 g/mol. The quantitative estimate of drug-likeness (QED) is 0.502. The summed E-state index contributed by atoms with van der Waals surface area (Å²) in [7, 11) is 0. The Labute approximate surface area is 87.2 Å². The summed E-state index contributed by atoms with van der Waals surface area (Å²) in [6.07, 6.45) is 1.16. The molecule has 1 unspecified atom stereocenters. The van der Waals surface area contributed by atoms with Crippen LogP contribution in [0.1, 0.15) is 6.42 Å². The lowest BCUT2D eigenvalue weighted by atomic mass is 10.3. The lowest BCUT2D eigenvalue weighted by molar-refractivity contribution is -0.117. The maximum atomic E-state index is 10.8. The molecule has 2 amide bonds. The van der Waals surface area contributed by atoms with E-state index in [9.17, 15) is 9.59 Å². The Morgan fingerprint density at radius 3 is 2.79 bits per heavy atom. The van der Waals surface area contributed by atoms with Crippen molar-refractivity contribution >= 4 is 23.6 Å². The Morgan fingerprint density at radius 2 is 2.29 bits per heavy atom. The predicted octanol–water partition coefficient (Wildman–Crippen LogP) is 0.381. The van der Waals surface area contributed by atoms with Crippen molar-refractivity contribution in [1.82, 2.24) is 5.32 Å². The van der Waals surface area contributed by atoms with E-state index >= 15 is 0 Å². The number of alkyl halides is 1. The molecule has 14 heavy (non-hydrogen) atoms. The van der Waals surface area contributed by atoms with Crippen LogP contribution < -0.4 is 11.1 Å². The third kappa shape index (κ3) is 6.30. The molecule has 0 rings (SSSR count). The number of alkyl carbamates (subject to hydrolysis) is 1. The van der Waals surface area contributed by atoms with Crippen LogP contribution >= 0.6 is 11.6 Å². The smallest absolute Gasteiger partial charge is 0.407 e. The Kier molecular flexibility index (Phi) is 6.57. The van der Waals surface area contributed by atoms with E-state index in [0.29, 0.717) is 0 Å². The van der Waals surface area contributed by atoms with E-state index in [1.165, 1.54) is 6.08 Å². The van der Waals surface area contributed by atoms with Crippen LogP contribution in [0, 0.1) is 0 Å². The highest BCUT2D eigenvalue weighted by atomic mass is 35.5. The van der Waals surface area contributed by atoms with Crippen molar-refractivity contribution in [2.24, 2.45) is 5.73 Å². The molecule has 0 aliphatic rings. The van der Waals surface area contributed by atoms with Gasteiger partial charge in [0.05, 0.1) is 0 Å². The number of hydrogen-bond donors (Lipinski definition) is 2. The second-order valence-electron chi connectivity index (χ2n) is 2.47. The Hall–Kier alpha value is -1.23. The maximum Gasteiger partial charge on any atom is 0.407 e. The average molecular weight is 221 g/mol. The Morgan fingerprint density at radius 1 is 1.64 bits per heavy atom. The van der Waals surface area contributed by atoms with E-state index < -0.39 is 17.4 Å². The molecular formula is C8H13ClN2O3. The molecule has 0 heterocycles. The lowest BCUT2D eigenvalue weighted by Crippen LogP contribution is -2.31. The van der Waals surface area contributed by atoms with Crippen LogP contribution in [0.15, 0.2) is 12.7 Å². The molecule has 3 N–H and O–H groups in total. The van der Waals surface area contributed by atoms with E-state index in [1.807, 2.05) is 0 Å². The highest BCUT2D eigenvalue weighted by Crippen LogP contribution is 1.98. The average Bonchev–Trinajstić information content (AvgIpc) is 2.14. The van der Waals surface area contributed by atoms with Gasteiger partial charge in [-0.05, 0) is 6.42 Å². The first-order valence-corrected chi connectivity index (χ1v) is 4.46. The zero-order chi connectivity index (χ0) is 11.0. The van der Waals surface area contributed by atoms with Crippen LogP contribution in [-0.4, -0.2) is 30.5 Å². The SMILES string of the molecule is C=CCOC(=O)NCCC(Cl)C(N)=O. The zero-order valence-electron chi connectivity index (χ0n) is 7.66. The van der Waals surface area contributed by atoms with Crippen LogP contribution in [-0.2, 0) is 9.53 Å². The minimum Gasteiger partial charge on any atom is -0.445 e.